The highest BCUT2D eigenvalue weighted by Gasteiger charge is 2.20. The van der Waals surface area contributed by atoms with E-state index in [0.29, 0.717) is 16.5 Å². The van der Waals surface area contributed by atoms with E-state index in [9.17, 15) is 8.42 Å². The predicted molar refractivity (Wildman–Crippen MR) is 74.6 cm³/mol. The van der Waals surface area contributed by atoms with Crippen LogP contribution in [0.25, 0.3) is 0 Å². The van der Waals surface area contributed by atoms with E-state index in [2.05, 4.69) is 5.32 Å². The maximum Gasteiger partial charge on any atom is 0.266 e. The number of sulfone groups is 1. The molecule has 0 saturated heterocycles. The van der Waals surface area contributed by atoms with Crippen molar-refractivity contribution in [2.24, 2.45) is 0 Å². The molecule has 0 aromatic heterocycles. The molecule has 2 rings (SSSR count). The molecule has 0 bridgehead atoms. The van der Waals surface area contributed by atoms with Crippen LogP contribution in [0.4, 0.5) is 0 Å². The van der Waals surface area contributed by atoms with Crippen LogP contribution in [0.5, 0.6) is 5.75 Å². The third kappa shape index (κ3) is 3.69. The number of nitrogens with one attached hydrogen (secondary N) is 1. The molecule has 0 saturated carbocycles. The summed E-state index contributed by atoms with van der Waals surface area (Å²) in [6.45, 7) is 0. The average Bonchev–Trinajstić information content (AvgIpc) is 2.61. The highest BCUT2D eigenvalue weighted by molar-refractivity contribution is 7.92. The smallest absolute Gasteiger partial charge is 0.266 e. The summed E-state index contributed by atoms with van der Waals surface area (Å²) in [5, 5.41) is 3.47. The number of benzene rings is 1. The minimum absolute atomic E-state index is 0.0306. The first-order chi connectivity index (χ1) is 8.44. The molecule has 0 radical (unpaired) electrons. The molecule has 1 aromatic rings. The molecule has 0 atom stereocenters. The van der Waals surface area contributed by atoms with Crippen molar-refractivity contribution in [3.8, 4) is 5.75 Å². The Kier molecular flexibility index (Phi) is 3.89. The lowest BCUT2D eigenvalue weighted by molar-refractivity contribution is 0.542. The van der Waals surface area contributed by atoms with Gasteiger partial charge in [0.15, 0.2) is 9.84 Å². The number of thiocarbonyl (C=S) groups is 1. The van der Waals surface area contributed by atoms with Crippen molar-refractivity contribution in [2.75, 3.05) is 11.5 Å². The Balaban J connectivity index is 1.92. The molecule has 0 amide bonds. The second kappa shape index (κ2) is 5.26. The Labute approximate surface area is 116 Å². The molecule has 1 aliphatic heterocycles. The second-order valence-electron chi connectivity index (χ2n) is 3.75. The molecule has 7 heteroatoms. The summed E-state index contributed by atoms with van der Waals surface area (Å²) in [6.07, 6.45) is 1.59. The first-order valence-electron chi connectivity index (χ1n) is 5.08. The molecular weight excluding hydrogens is 294 g/mol. The van der Waals surface area contributed by atoms with E-state index in [4.69, 9.17) is 28.6 Å². The predicted octanol–water partition coefficient (Wildman–Crippen LogP) is 1.91. The van der Waals surface area contributed by atoms with Crippen LogP contribution in [0.2, 0.25) is 5.02 Å². The van der Waals surface area contributed by atoms with Gasteiger partial charge in [-0.25, -0.2) is 8.42 Å². The van der Waals surface area contributed by atoms with Crippen molar-refractivity contribution in [1.82, 2.24) is 5.32 Å². The van der Waals surface area contributed by atoms with Crippen molar-refractivity contribution >= 4 is 38.8 Å². The van der Waals surface area contributed by atoms with E-state index in [1.165, 1.54) is 0 Å². The highest BCUT2D eigenvalue weighted by Crippen LogP contribution is 2.16. The maximum atomic E-state index is 11.2. The van der Waals surface area contributed by atoms with Gasteiger partial charge in [0.2, 0.25) is 0 Å². The number of halogens is 1. The number of hydrogen-bond donors (Lipinski definition) is 1. The number of rotatable bonds is 2. The topological polar surface area (TPSA) is 55.4 Å². The van der Waals surface area contributed by atoms with Crippen LogP contribution in [0.1, 0.15) is 0 Å². The minimum atomic E-state index is -3.01. The maximum absolute atomic E-state index is 11.2. The van der Waals surface area contributed by atoms with Crippen LogP contribution in [0, 0.1) is 0 Å². The quantitative estimate of drug-likeness (QED) is 0.846. The number of hydrogen-bond acceptors (Lipinski definition) is 4. The van der Waals surface area contributed by atoms with E-state index in [-0.39, 0.29) is 16.7 Å². The van der Waals surface area contributed by atoms with Crippen LogP contribution in [-0.2, 0) is 9.84 Å². The van der Waals surface area contributed by atoms with Crippen LogP contribution >= 0.6 is 23.8 Å². The highest BCUT2D eigenvalue weighted by atomic mass is 35.5. The van der Waals surface area contributed by atoms with Gasteiger partial charge in [-0.15, -0.1) is 0 Å². The Morgan fingerprint density at radius 3 is 2.56 bits per heavy atom. The summed E-state index contributed by atoms with van der Waals surface area (Å²) < 4.78 is 27.8. The second-order valence-corrected chi connectivity index (χ2v) is 6.67. The molecule has 18 heavy (non-hydrogen) atoms. The van der Waals surface area contributed by atoms with Gasteiger partial charge < -0.3 is 10.1 Å². The lowest BCUT2D eigenvalue weighted by atomic mass is 10.3. The fourth-order valence-electron chi connectivity index (χ4n) is 1.44. The summed E-state index contributed by atoms with van der Waals surface area (Å²) in [4.78, 5) is 0. The van der Waals surface area contributed by atoms with Gasteiger partial charge >= 0.3 is 0 Å². The molecule has 0 aliphatic carbocycles. The fraction of sp³-hybridized carbons (Fsp3) is 0.182. The van der Waals surface area contributed by atoms with E-state index < -0.39 is 9.84 Å². The summed E-state index contributed by atoms with van der Waals surface area (Å²) >= 11 is 10.7. The van der Waals surface area contributed by atoms with Crippen LogP contribution in [0.3, 0.4) is 0 Å². The van der Waals surface area contributed by atoms with Crippen LogP contribution in [0.15, 0.2) is 36.0 Å². The van der Waals surface area contributed by atoms with Crippen molar-refractivity contribution < 1.29 is 13.2 Å². The van der Waals surface area contributed by atoms with Crippen molar-refractivity contribution in [3.63, 3.8) is 0 Å². The van der Waals surface area contributed by atoms with Gasteiger partial charge in [0.25, 0.3) is 5.17 Å². The number of ether oxygens (including phenoxy) is 1. The summed E-state index contributed by atoms with van der Waals surface area (Å²) in [5.41, 5.74) is 0.550. The zero-order valence-corrected chi connectivity index (χ0v) is 11.6. The first-order valence-corrected chi connectivity index (χ1v) is 7.69. The Bertz CT molecular complexity index is 593. The van der Waals surface area contributed by atoms with Gasteiger partial charge in [-0.2, -0.15) is 0 Å². The molecule has 1 aliphatic rings. The van der Waals surface area contributed by atoms with E-state index >= 15 is 0 Å². The molecule has 1 aromatic carbocycles. The van der Waals surface area contributed by atoms with E-state index in [0.717, 1.165) is 0 Å². The fourth-order valence-corrected chi connectivity index (χ4v) is 3.03. The summed E-state index contributed by atoms with van der Waals surface area (Å²) in [6, 6.07) is 6.71. The molecule has 96 valence electrons. The van der Waals surface area contributed by atoms with Crippen molar-refractivity contribution in [2.45, 2.75) is 0 Å². The Hall–Kier alpha value is -1.11. The summed E-state index contributed by atoms with van der Waals surface area (Å²) in [5.74, 6) is 0.550. The normalized spacial score (nSPS) is 17.1. The third-order valence-corrected chi connectivity index (χ3v) is 4.11. The first kappa shape index (κ1) is 13.3. The third-order valence-electron chi connectivity index (χ3n) is 2.25. The monoisotopic (exact) mass is 303 g/mol. The van der Waals surface area contributed by atoms with Gasteiger partial charge in [0.05, 0.1) is 11.5 Å². The van der Waals surface area contributed by atoms with Crippen LogP contribution in [-0.4, -0.2) is 25.1 Å². The van der Waals surface area contributed by atoms with Crippen molar-refractivity contribution in [3.05, 3.63) is 41.1 Å². The molecule has 0 spiro atoms. The van der Waals surface area contributed by atoms with Gasteiger partial charge in [-0.3, -0.25) is 0 Å². The molecular formula is C11H10ClNO3S2. The standard InChI is InChI=1S/C11H10ClNO3S2/c12-8-1-3-10(4-2-8)16-11(17)13-9-5-6-18(14,15)7-9/h1-5H,6-7H2,(H,13,17). The molecule has 0 unspecified atom stereocenters. The molecule has 0 fully saturated rings. The molecule has 1 heterocycles. The summed E-state index contributed by atoms with van der Waals surface area (Å²) in [7, 11) is -3.01. The van der Waals surface area contributed by atoms with Crippen molar-refractivity contribution in [1.29, 1.82) is 0 Å². The van der Waals surface area contributed by atoms with E-state index in [1.54, 1.807) is 30.3 Å². The largest absolute Gasteiger partial charge is 0.432 e. The zero-order chi connectivity index (χ0) is 13.2. The Morgan fingerprint density at radius 1 is 1.33 bits per heavy atom. The van der Waals surface area contributed by atoms with Gasteiger partial charge in [-0.05, 0) is 42.6 Å². The SMILES string of the molecule is O=S1(=O)CC=C(NC(=S)Oc2ccc(Cl)cc2)C1. The van der Waals surface area contributed by atoms with Crippen LogP contribution < -0.4 is 10.1 Å². The lowest BCUT2D eigenvalue weighted by Crippen LogP contribution is -2.27. The Morgan fingerprint density at radius 2 is 2.00 bits per heavy atom. The lowest BCUT2D eigenvalue weighted by Gasteiger charge is -2.09. The minimum Gasteiger partial charge on any atom is -0.432 e. The zero-order valence-electron chi connectivity index (χ0n) is 9.22. The van der Waals surface area contributed by atoms with Gasteiger partial charge in [0.1, 0.15) is 5.75 Å². The van der Waals surface area contributed by atoms with E-state index in [1.807, 2.05) is 0 Å². The average molecular weight is 304 g/mol. The molecule has 4 nitrogen and oxygen atoms in total. The molecule has 1 N–H and O–H groups in total. The van der Waals surface area contributed by atoms with Gasteiger partial charge in [0, 0.05) is 10.7 Å². The van der Waals surface area contributed by atoms with Gasteiger partial charge in [-0.1, -0.05) is 11.6 Å².